The monoisotopic (exact) mass is 212 g/mol. The molecule has 0 fully saturated rings. The van der Waals surface area contributed by atoms with E-state index in [1.165, 1.54) is 0 Å². The zero-order valence-electron chi connectivity index (χ0n) is 8.25. The Bertz CT molecular complexity index is 347. The van der Waals surface area contributed by atoms with Crippen LogP contribution in [0.2, 0.25) is 5.02 Å². The predicted molar refractivity (Wildman–Crippen MR) is 56.8 cm³/mol. The lowest BCUT2D eigenvalue weighted by atomic mass is 10.0. The molecule has 0 saturated heterocycles. The third-order valence-corrected chi connectivity index (χ3v) is 2.55. The van der Waals surface area contributed by atoms with Gasteiger partial charge >= 0.3 is 0 Å². The van der Waals surface area contributed by atoms with Crippen LogP contribution in [0.4, 0.5) is 0 Å². The fraction of sp³-hybridized carbons (Fsp3) is 0.364. The number of benzene rings is 1. The maximum Gasteiger partial charge on any atom is 0.191 e. The van der Waals surface area contributed by atoms with E-state index in [1.807, 2.05) is 6.92 Å². The molecule has 2 nitrogen and oxygen atoms in total. The molecule has 0 heterocycles. The van der Waals surface area contributed by atoms with E-state index in [4.69, 9.17) is 11.6 Å². The van der Waals surface area contributed by atoms with Gasteiger partial charge in [0, 0.05) is 10.6 Å². The molecule has 0 amide bonds. The van der Waals surface area contributed by atoms with Crippen molar-refractivity contribution in [2.24, 2.45) is 0 Å². The fourth-order valence-electron chi connectivity index (χ4n) is 1.12. The number of carbonyl (C=O) groups is 1. The molecule has 0 bridgehead atoms. The van der Waals surface area contributed by atoms with Crippen molar-refractivity contribution in [3.63, 3.8) is 0 Å². The van der Waals surface area contributed by atoms with Crippen molar-refractivity contribution < 1.29 is 9.90 Å². The zero-order chi connectivity index (χ0) is 10.7. The van der Waals surface area contributed by atoms with E-state index in [1.54, 1.807) is 25.1 Å². The van der Waals surface area contributed by atoms with Crippen LogP contribution in [0.25, 0.3) is 0 Å². The van der Waals surface area contributed by atoms with Gasteiger partial charge in [-0.1, -0.05) is 30.7 Å². The van der Waals surface area contributed by atoms with Crippen LogP contribution in [0.3, 0.4) is 0 Å². The van der Waals surface area contributed by atoms with Gasteiger partial charge in [0.2, 0.25) is 0 Å². The highest BCUT2D eigenvalue weighted by Gasteiger charge is 2.15. The number of hydrogen-bond acceptors (Lipinski definition) is 2. The van der Waals surface area contributed by atoms with E-state index in [9.17, 15) is 9.90 Å². The van der Waals surface area contributed by atoms with E-state index in [0.29, 0.717) is 17.0 Å². The zero-order valence-corrected chi connectivity index (χ0v) is 9.01. The van der Waals surface area contributed by atoms with Crippen molar-refractivity contribution in [1.82, 2.24) is 0 Å². The molecular weight excluding hydrogens is 200 g/mol. The largest absolute Gasteiger partial charge is 0.385 e. The Balaban J connectivity index is 2.97. The van der Waals surface area contributed by atoms with E-state index < -0.39 is 6.10 Å². The second-order valence-electron chi connectivity index (χ2n) is 3.25. The lowest BCUT2D eigenvalue weighted by Crippen LogP contribution is -2.19. The number of ketones is 1. The Kier molecular flexibility index (Phi) is 3.67. The van der Waals surface area contributed by atoms with E-state index in [2.05, 4.69) is 0 Å². The molecule has 0 spiro atoms. The van der Waals surface area contributed by atoms with Crippen molar-refractivity contribution in [1.29, 1.82) is 0 Å². The molecule has 1 atom stereocenters. The lowest BCUT2D eigenvalue weighted by molar-refractivity contribution is 0.0740. The van der Waals surface area contributed by atoms with E-state index >= 15 is 0 Å². The SMILES string of the molecule is CCC(O)C(=O)c1ccc(C)c(Cl)c1. The summed E-state index contributed by atoms with van der Waals surface area (Å²) in [7, 11) is 0. The van der Waals surface area contributed by atoms with Crippen LogP contribution in [-0.2, 0) is 0 Å². The first-order valence-corrected chi connectivity index (χ1v) is 4.92. The Morgan fingerprint density at radius 2 is 2.21 bits per heavy atom. The molecule has 0 saturated carbocycles. The van der Waals surface area contributed by atoms with Gasteiger partial charge in [0.05, 0.1) is 0 Å². The van der Waals surface area contributed by atoms with Crippen LogP contribution in [0.1, 0.15) is 29.3 Å². The van der Waals surface area contributed by atoms with Crippen molar-refractivity contribution in [3.05, 3.63) is 34.3 Å². The van der Waals surface area contributed by atoms with Crippen LogP contribution in [0.15, 0.2) is 18.2 Å². The number of hydrogen-bond donors (Lipinski definition) is 1. The minimum atomic E-state index is -0.922. The third-order valence-electron chi connectivity index (χ3n) is 2.15. The van der Waals surface area contributed by atoms with Crippen molar-refractivity contribution in [3.8, 4) is 0 Å². The van der Waals surface area contributed by atoms with Gasteiger partial charge in [-0.2, -0.15) is 0 Å². The summed E-state index contributed by atoms with van der Waals surface area (Å²) in [5.74, 6) is -0.269. The Labute approximate surface area is 88.5 Å². The highest BCUT2D eigenvalue weighted by atomic mass is 35.5. The molecule has 1 aromatic carbocycles. The van der Waals surface area contributed by atoms with Gasteiger partial charge in [0.25, 0.3) is 0 Å². The molecule has 1 unspecified atom stereocenters. The first-order valence-electron chi connectivity index (χ1n) is 4.54. The highest BCUT2D eigenvalue weighted by molar-refractivity contribution is 6.31. The number of carbonyl (C=O) groups excluding carboxylic acids is 1. The second kappa shape index (κ2) is 4.58. The molecule has 1 rings (SSSR count). The summed E-state index contributed by atoms with van der Waals surface area (Å²) in [6.45, 7) is 3.63. The van der Waals surface area contributed by atoms with Crippen molar-refractivity contribution in [2.75, 3.05) is 0 Å². The number of aliphatic hydroxyl groups excluding tert-OH is 1. The molecule has 0 aliphatic carbocycles. The number of aryl methyl sites for hydroxylation is 1. The van der Waals surface area contributed by atoms with Crippen LogP contribution in [0.5, 0.6) is 0 Å². The average Bonchev–Trinajstić information content (AvgIpc) is 2.20. The van der Waals surface area contributed by atoms with Crippen molar-refractivity contribution >= 4 is 17.4 Å². The Morgan fingerprint density at radius 1 is 1.57 bits per heavy atom. The summed E-state index contributed by atoms with van der Waals surface area (Å²) in [6, 6.07) is 5.05. The second-order valence-corrected chi connectivity index (χ2v) is 3.66. The maximum absolute atomic E-state index is 11.5. The van der Waals surface area contributed by atoms with Crippen LogP contribution >= 0.6 is 11.6 Å². The summed E-state index contributed by atoms with van der Waals surface area (Å²) in [4.78, 5) is 11.5. The molecule has 0 radical (unpaired) electrons. The Hall–Kier alpha value is -0.860. The maximum atomic E-state index is 11.5. The molecule has 1 N–H and O–H groups in total. The number of halogens is 1. The summed E-state index contributed by atoms with van der Waals surface area (Å²) >= 11 is 5.87. The topological polar surface area (TPSA) is 37.3 Å². The predicted octanol–water partition coefficient (Wildman–Crippen LogP) is 2.60. The molecule has 1 aromatic rings. The van der Waals surface area contributed by atoms with Gasteiger partial charge in [0.15, 0.2) is 5.78 Å². The van der Waals surface area contributed by atoms with Crippen molar-refractivity contribution in [2.45, 2.75) is 26.4 Å². The molecule has 0 aliphatic heterocycles. The molecule has 76 valence electrons. The van der Waals surface area contributed by atoms with Crippen LogP contribution < -0.4 is 0 Å². The fourth-order valence-corrected chi connectivity index (χ4v) is 1.30. The molecular formula is C11H13ClO2. The summed E-state index contributed by atoms with van der Waals surface area (Å²) in [6.07, 6.45) is -0.501. The molecule has 14 heavy (non-hydrogen) atoms. The first-order chi connectivity index (χ1) is 6.56. The minimum absolute atomic E-state index is 0.269. The summed E-state index contributed by atoms with van der Waals surface area (Å²) < 4.78 is 0. The van der Waals surface area contributed by atoms with Crippen LogP contribution in [-0.4, -0.2) is 17.0 Å². The van der Waals surface area contributed by atoms with Gasteiger partial charge in [-0.25, -0.2) is 0 Å². The normalized spacial score (nSPS) is 12.6. The quantitative estimate of drug-likeness (QED) is 0.783. The third kappa shape index (κ3) is 2.34. The lowest BCUT2D eigenvalue weighted by Gasteiger charge is -2.07. The Morgan fingerprint density at radius 3 is 2.71 bits per heavy atom. The standard InChI is InChI=1S/C11H13ClO2/c1-3-10(13)11(14)8-5-4-7(2)9(12)6-8/h4-6,10,13H,3H2,1-2H3. The number of rotatable bonds is 3. The van der Waals surface area contributed by atoms with Crippen LogP contribution in [0, 0.1) is 6.92 Å². The number of aliphatic hydroxyl groups is 1. The average molecular weight is 213 g/mol. The van der Waals surface area contributed by atoms with Gasteiger partial charge in [0.1, 0.15) is 6.10 Å². The smallest absolute Gasteiger partial charge is 0.191 e. The number of Topliss-reactive ketones (excluding diaryl/α,β-unsaturated/α-hetero) is 1. The van der Waals surface area contributed by atoms with E-state index in [-0.39, 0.29) is 5.78 Å². The minimum Gasteiger partial charge on any atom is -0.385 e. The molecule has 0 aromatic heterocycles. The van der Waals surface area contributed by atoms with Gasteiger partial charge in [-0.05, 0) is 25.0 Å². The van der Waals surface area contributed by atoms with Gasteiger partial charge in [-0.3, -0.25) is 4.79 Å². The van der Waals surface area contributed by atoms with Gasteiger partial charge < -0.3 is 5.11 Å². The van der Waals surface area contributed by atoms with E-state index in [0.717, 1.165) is 5.56 Å². The summed E-state index contributed by atoms with van der Waals surface area (Å²) in [5.41, 5.74) is 1.39. The molecule has 0 aliphatic rings. The summed E-state index contributed by atoms with van der Waals surface area (Å²) in [5, 5.41) is 9.90. The van der Waals surface area contributed by atoms with Gasteiger partial charge in [-0.15, -0.1) is 0 Å². The first kappa shape index (κ1) is 11.2. The highest BCUT2D eigenvalue weighted by Crippen LogP contribution is 2.18. The molecule has 3 heteroatoms.